The first kappa shape index (κ1) is 12.6. The molecule has 0 aliphatic heterocycles. The lowest BCUT2D eigenvalue weighted by molar-refractivity contribution is -0.140. The molecule has 0 amide bonds. The minimum Gasteiger partial charge on any atom is -0.493 e. The van der Waals surface area contributed by atoms with E-state index in [-0.39, 0.29) is 17.1 Å². The van der Waals surface area contributed by atoms with E-state index in [1.165, 1.54) is 14.2 Å². The van der Waals surface area contributed by atoms with Crippen LogP contribution in [0.4, 0.5) is 8.78 Å². The first-order valence-electron chi connectivity index (χ1n) is 5.31. The van der Waals surface area contributed by atoms with E-state index < -0.39 is 23.0 Å². The van der Waals surface area contributed by atoms with Crippen LogP contribution in [0, 0.1) is 11.6 Å². The molecule has 4 nitrogen and oxygen atoms in total. The van der Waals surface area contributed by atoms with Gasteiger partial charge in [-0.05, 0) is 12.8 Å². The van der Waals surface area contributed by atoms with E-state index >= 15 is 0 Å². The van der Waals surface area contributed by atoms with Gasteiger partial charge in [0, 0.05) is 6.07 Å². The molecule has 1 aromatic carbocycles. The van der Waals surface area contributed by atoms with Gasteiger partial charge in [-0.25, -0.2) is 8.78 Å². The van der Waals surface area contributed by atoms with E-state index in [1.54, 1.807) is 0 Å². The van der Waals surface area contributed by atoms with E-state index in [1.807, 2.05) is 0 Å². The second-order valence-corrected chi connectivity index (χ2v) is 4.17. The third-order valence-corrected chi connectivity index (χ3v) is 3.19. The maximum atomic E-state index is 13.6. The van der Waals surface area contributed by atoms with Gasteiger partial charge >= 0.3 is 5.97 Å². The molecule has 1 aliphatic rings. The van der Waals surface area contributed by atoms with Crippen LogP contribution in [0.5, 0.6) is 11.5 Å². The summed E-state index contributed by atoms with van der Waals surface area (Å²) >= 11 is 0. The van der Waals surface area contributed by atoms with Crippen LogP contribution in [0.1, 0.15) is 18.4 Å². The number of methoxy groups -OCH3 is 2. The molecule has 0 unspecified atom stereocenters. The molecule has 1 N–H and O–H groups in total. The fraction of sp³-hybridized carbons (Fsp3) is 0.417. The standard InChI is InChI=1S/C12H12F2O4/c1-17-9-6(13)5-7(14)10(18-2)8(9)12(3-4-12)11(15)16/h5H,3-4H2,1-2H3,(H,15,16). The summed E-state index contributed by atoms with van der Waals surface area (Å²) in [6.45, 7) is 0. The summed E-state index contributed by atoms with van der Waals surface area (Å²) in [7, 11) is 2.41. The second-order valence-electron chi connectivity index (χ2n) is 4.17. The Morgan fingerprint density at radius 2 is 1.67 bits per heavy atom. The van der Waals surface area contributed by atoms with Crippen molar-refractivity contribution in [2.45, 2.75) is 18.3 Å². The average molecular weight is 258 g/mol. The van der Waals surface area contributed by atoms with E-state index in [0.717, 1.165) is 0 Å². The molecule has 0 bridgehead atoms. The molecule has 0 saturated heterocycles. The van der Waals surface area contributed by atoms with Crippen LogP contribution in [0.3, 0.4) is 0 Å². The Kier molecular flexibility index (Phi) is 2.88. The summed E-state index contributed by atoms with van der Waals surface area (Å²) in [5.74, 6) is -3.54. The third-order valence-electron chi connectivity index (χ3n) is 3.19. The molecule has 18 heavy (non-hydrogen) atoms. The smallest absolute Gasteiger partial charge is 0.314 e. The van der Waals surface area contributed by atoms with Gasteiger partial charge in [-0.15, -0.1) is 0 Å². The molecular formula is C12H12F2O4. The Morgan fingerprint density at radius 3 is 1.94 bits per heavy atom. The van der Waals surface area contributed by atoms with Crippen LogP contribution in [-0.2, 0) is 10.2 Å². The van der Waals surface area contributed by atoms with Crippen LogP contribution in [0.25, 0.3) is 0 Å². The number of carboxylic acid groups (broad SMARTS) is 1. The molecule has 1 aromatic rings. The van der Waals surface area contributed by atoms with Crippen molar-refractivity contribution in [3.8, 4) is 11.5 Å². The van der Waals surface area contributed by atoms with Crippen LogP contribution >= 0.6 is 0 Å². The van der Waals surface area contributed by atoms with Gasteiger partial charge in [0.15, 0.2) is 23.1 Å². The van der Waals surface area contributed by atoms with Crippen molar-refractivity contribution in [1.82, 2.24) is 0 Å². The summed E-state index contributed by atoms with van der Waals surface area (Å²) in [6.07, 6.45) is 0.607. The van der Waals surface area contributed by atoms with Crippen molar-refractivity contribution < 1.29 is 28.2 Å². The fourth-order valence-electron chi connectivity index (χ4n) is 2.11. The maximum Gasteiger partial charge on any atom is 0.314 e. The number of aliphatic carboxylic acids is 1. The Labute approximate surface area is 102 Å². The van der Waals surface area contributed by atoms with E-state index in [2.05, 4.69) is 0 Å². The zero-order valence-corrected chi connectivity index (χ0v) is 9.92. The van der Waals surface area contributed by atoms with Gasteiger partial charge in [-0.3, -0.25) is 4.79 Å². The number of ether oxygens (including phenoxy) is 2. The average Bonchev–Trinajstić information content (AvgIpc) is 3.09. The lowest BCUT2D eigenvalue weighted by Crippen LogP contribution is -2.22. The molecule has 1 fully saturated rings. The first-order valence-corrected chi connectivity index (χ1v) is 5.31. The van der Waals surface area contributed by atoms with Crippen molar-refractivity contribution >= 4 is 5.97 Å². The Hall–Kier alpha value is -1.85. The molecule has 0 atom stereocenters. The Balaban J connectivity index is 2.74. The molecule has 1 saturated carbocycles. The van der Waals surface area contributed by atoms with Gasteiger partial charge in [0.2, 0.25) is 0 Å². The zero-order valence-electron chi connectivity index (χ0n) is 9.92. The highest BCUT2D eigenvalue weighted by Crippen LogP contribution is 2.55. The largest absolute Gasteiger partial charge is 0.493 e. The maximum absolute atomic E-state index is 13.6. The minimum atomic E-state index is -1.31. The molecule has 0 aromatic heterocycles. The minimum absolute atomic E-state index is 0.0579. The van der Waals surface area contributed by atoms with Gasteiger partial charge in [-0.2, -0.15) is 0 Å². The predicted molar refractivity (Wildman–Crippen MR) is 58.0 cm³/mol. The van der Waals surface area contributed by atoms with E-state index in [4.69, 9.17) is 9.47 Å². The molecule has 0 spiro atoms. The molecule has 6 heteroatoms. The molecule has 0 radical (unpaired) electrons. The highest BCUT2D eigenvalue weighted by Gasteiger charge is 2.56. The van der Waals surface area contributed by atoms with E-state index in [9.17, 15) is 18.7 Å². The van der Waals surface area contributed by atoms with Gasteiger partial charge in [0.25, 0.3) is 0 Å². The quantitative estimate of drug-likeness (QED) is 0.898. The second kappa shape index (κ2) is 4.12. The molecular weight excluding hydrogens is 246 g/mol. The number of halogens is 2. The number of rotatable bonds is 4. The molecule has 2 rings (SSSR count). The van der Waals surface area contributed by atoms with Gasteiger partial charge < -0.3 is 14.6 Å². The lowest BCUT2D eigenvalue weighted by Gasteiger charge is -2.19. The van der Waals surface area contributed by atoms with Crippen molar-refractivity contribution in [2.75, 3.05) is 14.2 Å². The van der Waals surface area contributed by atoms with Crippen LogP contribution in [0.2, 0.25) is 0 Å². The van der Waals surface area contributed by atoms with Gasteiger partial charge in [0.05, 0.1) is 19.8 Å². The Bertz CT molecular complexity index is 481. The highest BCUT2D eigenvalue weighted by atomic mass is 19.1. The van der Waals surface area contributed by atoms with Gasteiger partial charge in [0.1, 0.15) is 5.41 Å². The van der Waals surface area contributed by atoms with Crippen molar-refractivity contribution in [3.63, 3.8) is 0 Å². The monoisotopic (exact) mass is 258 g/mol. The topological polar surface area (TPSA) is 55.8 Å². The van der Waals surface area contributed by atoms with Crippen LogP contribution in [-0.4, -0.2) is 25.3 Å². The molecule has 0 heterocycles. The number of carbonyl (C=O) groups is 1. The number of carboxylic acids is 1. The number of benzene rings is 1. The Morgan fingerprint density at radius 1 is 1.22 bits per heavy atom. The lowest BCUT2D eigenvalue weighted by atomic mass is 9.93. The fourth-order valence-corrected chi connectivity index (χ4v) is 2.11. The van der Waals surface area contributed by atoms with Crippen LogP contribution in [0.15, 0.2) is 6.07 Å². The summed E-state index contributed by atoms with van der Waals surface area (Å²) in [5.41, 5.74) is -1.36. The summed E-state index contributed by atoms with van der Waals surface area (Å²) < 4.78 is 37.0. The number of hydrogen-bond donors (Lipinski definition) is 1. The van der Waals surface area contributed by atoms with Crippen LogP contribution < -0.4 is 9.47 Å². The third kappa shape index (κ3) is 1.60. The van der Waals surface area contributed by atoms with E-state index in [0.29, 0.717) is 18.9 Å². The summed E-state index contributed by atoms with van der Waals surface area (Å²) in [6, 6.07) is 0.624. The molecule has 1 aliphatic carbocycles. The normalized spacial score (nSPS) is 16.2. The predicted octanol–water partition coefficient (Wildman–Crippen LogP) is 2.10. The SMILES string of the molecule is COc1c(F)cc(F)c(OC)c1C1(C(=O)O)CC1. The summed E-state index contributed by atoms with van der Waals surface area (Å²) in [4.78, 5) is 11.3. The van der Waals surface area contributed by atoms with Crippen molar-refractivity contribution in [3.05, 3.63) is 23.3 Å². The number of hydrogen-bond acceptors (Lipinski definition) is 3. The molecule has 98 valence electrons. The first-order chi connectivity index (χ1) is 8.47. The van der Waals surface area contributed by atoms with Crippen molar-refractivity contribution in [2.24, 2.45) is 0 Å². The zero-order chi connectivity index (χ0) is 13.5. The summed E-state index contributed by atoms with van der Waals surface area (Å²) in [5, 5.41) is 9.22. The van der Waals surface area contributed by atoms with Crippen molar-refractivity contribution in [1.29, 1.82) is 0 Å². The highest BCUT2D eigenvalue weighted by molar-refractivity contribution is 5.87. The van der Waals surface area contributed by atoms with Gasteiger partial charge in [-0.1, -0.05) is 0 Å².